The highest BCUT2D eigenvalue weighted by Gasteiger charge is 1.98. The van der Waals surface area contributed by atoms with Gasteiger partial charge in [0.1, 0.15) is 6.61 Å². The van der Waals surface area contributed by atoms with Gasteiger partial charge in [-0.15, -0.1) is 0 Å². The lowest BCUT2D eigenvalue weighted by Gasteiger charge is -2.09. The Labute approximate surface area is 71.6 Å². The van der Waals surface area contributed by atoms with Gasteiger partial charge in [-0.05, 0) is 13.3 Å². The second-order valence-electron chi connectivity index (χ2n) is 2.18. The van der Waals surface area contributed by atoms with Crippen LogP contribution in [0.25, 0.3) is 0 Å². The highest BCUT2D eigenvalue weighted by atomic mass is 35.5. The van der Waals surface area contributed by atoms with E-state index in [-0.39, 0.29) is 12.7 Å². The molecule has 0 bridgehead atoms. The average molecular weight is 181 g/mol. The van der Waals surface area contributed by atoms with E-state index in [0.29, 0.717) is 6.61 Å². The minimum Gasteiger partial charge on any atom is -0.451 e. The molecule has 0 spiro atoms. The summed E-state index contributed by atoms with van der Waals surface area (Å²) < 4.78 is 9.64. The van der Waals surface area contributed by atoms with Gasteiger partial charge in [-0.25, -0.2) is 4.79 Å². The van der Waals surface area contributed by atoms with Crippen molar-refractivity contribution in [3.8, 4) is 0 Å². The quantitative estimate of drug-likeness (QED) is 0.481. The summed E-state index contributed by atoms with van der Waals surface area (Å²) in [5, 5.41) is 0. The molecule has 0 amide bonds. The molecule has 0 heterocycles. The highest BCUT2D eigenvalue weighted by Crippen LogP contribution is 1.95. The van der Waals surface area contributed by atoms with Crippen LogP contribution in [0.4, 0.5) is 4.79 Å². The second-order valence-corrected chi connectivity index (χ2v) is 2.48. The van der Waals surface area contributed by atoms with E-state index in [2.05, 4.69) is 4.74 Å². The molecule has 0 fully saturated rings. The molecule has 0 aliphatic rings. The van der Waals surface area contributed by atoms with Crippen LogP contribution in [0.5, 0.6) is 0 Å². The number of rotatable bonds is 5. The van der Waals surface area contributed by atoms with Crippen molar-refractivity contribution in [3.63, 3.8) is 0 Å². The monoisotopic (exact) mass is 180 g/mol. The summed E-state index contributed by atoms with van der Waals surface area (Å²) in [5.41, 5.74) is -0.780. The van der Waals surface area contributed by atoms with Gasteiger partial charge in [0.15, 0.2) is 0 Å². The third kappa shape index (κ3) is 7.62. The first-order valence-electron chi connectivity index (χ1n) is 3.60. The van der Waals surface area contributed by atoms with Gasteiger partial charge in [-0.1, -0.05) is 6.92 Å². The Bertz CT molecular complexity index is 116. The molecule has 0 saturated carbocycles. The number of hydrogen-bond acceptors (Lipinski definition) is 3. The fourth-order valence-corrected chi connectivity index (χ4v) is 0.566. The third-order valence-corrected chi connectivity index (χ3v) is 1.39. The Morgan fingerprint density at radius 3 is 2.64 bits per heavy atom. The Kier molecular flexibility index (Phi) is 6.27. The maximum absolute atomic E-state index is 10.0. The molecular weight excluding hydrogens is 168 g/mol. The van der Waals surface area contributed by atoms with Crippen molar-refractivity contribution in [2.45, 2.75) is 26.4 Å². The SMILES string of the molecule is CCC(C)OCCOC(=O)Cl. The van der Waals surface area contributed by atoms with Gasteiger partial charge >= 0.3 is 5.43 Å². The molecule has 0 aromatic carbocycles. The molecule has 11 heavy (non-hydrogen) atoms. The Balaban J connectivity index is 3.08. The van der Waals surface area contributed by atoms with Gasteiger partial charge in [0.05, 0.1) is 12.7 Å². The molecule has 0 aliphatic heterocycles. The number of ether oxygens (including phenoxy) is 2. The summed E-state index contributed by atoms with van der Waals surface area (Å²) in [6.45, 7) is 4.63. The lowest BCUT2D eigenvalue weighted by Crippen LogP contribution is -2.12. The first kappa shape index (κ1) is 10.7. The van der Waals surface area contributed by atoms with Crippen LogP contribution < -0.4 is 0 Å². The van der Waals surface area contributed by atoms with Gasteiger partial charge in [-0.2, -0.15) is 0 Å². The number of halogens is 1. The molecule has 0 radical (unpaired) electrons. The molecule has 1 atom stereocenters. The first-order chi connectivity index (χ1) is 5.16. The smallest absolute Gasteiger partial charge is 0.403 e. The summed E-state index contributed by atoms with van der Waals surface area (Å²) in [6, 6.07) is 0. The van der Waals surface area contributed by atoms with E-state index in [1.165, 1.54) is 0 Å². The molecule has 0 aromatic rings. The van der Waals surface area contributed by atoms with Crippen LogP contribution in [0.2, 0.25) is 0 Å². The Morgan fingerprint density at radius 2 is 2.18 bits per heavy atom. The zero-order valence-corrected chi connectivity index (χ0v) is 7.56. The van der Waals surface area contributed by atoms with Gasteiger partial charge < -0.3 is 9.47 Å². The van der Waals surface area contributed by atoms with Crippen LogP contribution in [0.3, 0.4) is 0 Å². The predicted molar refractivity (Wildman–Crippen MR) is 42.9 cm³/mol. The Hall–Kier alpha value is -0.280. The Morgan fingerprint density at radius 1 is 1.55 bits per heavy atom. The summed E-state index contributed by atoms with van der Waals surface area (Å²) in [4.78, 5) is 10.0. The van der Waals surface area contributed by atoms with Gasteiger partial charge in [0, 0.05) is 11.6 Å². The van der Waals surface area contributed by atoms with Gasteiger partial charge in [0.2, 0.25) is 0 Å². The minimum absolute atomic E-state index is 0.212. The molecule has 4 heteroatoms. The predicted octanol–water partition coefficient (Wildman–Crippen LogP) is 2.18. The second kappa shape index (κ2) is 6.43. The van der Waals surface area contributed by atoms with Crippen molar-refractivity contribution >= 4 is 17.0 Å². The highest BCUT2D eigenvalue weighted by molar-refractivity contribution is 6.61. The zero-order chi connectivity index (χ0) is 8.69. The van der Waals surface area contributed by atoms with E-state index in [4.69, 9.17) is 16.3 Å². The molecule has 0 saturated heterocycles. The molecular formula is C7H13ClO3. The lowest BCUT2D eigenvalue weighted by molar-refractivity contribution is 0.0340. The van der Waals surface area contributed by atoms with Crippen LogP contribution >= 0.6 is 11.6 Å². The van der Waals surface area contributed by atoms with E-state index >= 15 is 0 Å². The summed E-state index contributed by atoms with van der Waals surface area (Å²) in [6.07, 6.45) is 1.17. The van der Waals surface area contributed by atoms with Crippen molar-refractivity contribution in [2.75, 3.05) is 13.2 Å². The molecule has 0 aromatic heterocycles. The van der Waals surface area contributed by atoms with Crippen molar-refractivity contribution in [1.29, 1.82) is 0 Å². The summed E-state index contributed by atoms with van der Waals surface area (Å²) in [5.74, 6) is 0. The van der Waals surface area contributed by atoms with Gasteiger partial charge in [-0.3, -0.25) is 0 Å². The van der Waals surface area contributed by atoms with Crippen molar-refractivity contribution in [1.82, 2.24) is 0 Å². The van der Waals surface area contributed by atoms with E-state index in [9.17, 15) is 4.79 Å². The number of hydrogen-bond donors (Lipinski definition) is 0. The van der Waals surface area contributed by atoms with Crippen LogP contribution in [0.15, 0.2) is 0 Å². The summed E-state index contributed by atoms with van der Waals surface area (Å²) in [7, 11) is 0. The lowest BCUT2D eigenvalue weighted by atomic mass is 10.3. The molecule has 0 aliphatic carbocycles. The van der Waals surface area contributed by atoms with E-state index in [1.54, 1.807) is 0 Å². The number of carbonyl (C=O) groups is 1. The van der Waals surface area contributed by atoms with Crippen LogP contribution in [0.1, 0.15) is 20.3 Å². The van der Waals surface area contributed by atoms with Crippen LogP contribution in [-0.2, 0) is 9.47 Å². The van der Waals surface area contributed by atoms with Gasteiger partial charge in [0.25, 0.3) is 0 Å². The summed E-state index contributed by atoms with van der Waals surface area (Å²) >= 11 is 4.91. The fraction of sp³-hybridized carbons (Fsp3) is 0.857. The number of carbonyl (C=O) groups excluding carboxylic acids is 1. The molecule has 0 rings (SSSR count). The van der Waals surface area contributed by atoms with E-state index < -0.39 is 5.43 Å². The fourth-order valence-electron chi connectivity index (χ4n) is 0.489. The molecule has 0 N–H and O–H groups in total. The molecule has 3 nitrogen and oxygen atoms in total. The first-order valence-corrected chi connectivity index (χ1v) is 3.98. The van der Waals surface area contributed by atoms with Crippen molar-refractivity contribution in [2.24, 2.45) is 0 Å². The van der Waals surface area contributed by atoms with Crippen molar-refractivity contribution < 1.29 is 14.3 Å². The standard InChI is InChI=1S/C7H13ClO3/c1-3-6(2)10-4-5-11-7(8)9/h6H,3-5H2,1-2H3. The minimum atomic E-state index is -0.780. The average Bonchev–Trinajstić information content (AvgIpc) is 1.97. The van der Waals surface area contributed by atoms with E-state index in [0.717, 1.165) is 6.42 Å². The van der Waals surface area contributed by atoms with Crippen LogP contribution in [-0.4, -0.2) is 24.7 Å². The zero-order valence-electron chi connectivity index (χ0n) is 6.80. The maximum atomic E-state index is 10.0. The molecule has 1 unspecified atom stereocenters. The third-order valence-electron chi connectivity index (χ3n) is 1.28. The largest absolute Gasteiger partial charge is 0.451 e. The topological polar surface area (TPSA) is 35.5 Å². The van der Waals surface area contributed by atoms with Crippen molar-refractivity contribution in [3.05, 3.63) is 0 Å². The van der Waals surface area contributed by atoms with Crippen LogP contribution in [0, 0.1) is 0 Å². The molecule has 66 valence electrons. The normalized spacial score (nSPS) is 12.6. The maximum Gasteiger partial charge on any atom is 0.403 e. The van der Waals surface area contributed by atoms with E-state index in [1.807, 2.05) is 13.8 Å².